The predicted molar refractivity (Wildman–Crippen MR) is 70.2 cm³/mol. The Labute approximate surface area is 109 Å². The zero-order chi connectivity index (χ0) is 12.3. The first-order valence-electron chi connectivity index (χ1n) is 4.47. The average molecular weight is 277 g/mol. The van der Waals surface area contributed by atoms with Crippen LogP contribution in [-0.2, 0) is 0 Å². The third-order valence-corrected chi connectivity index (χ3v) is 2.95. The minimum Gasteiger partial charge on any atom is -0.392 e. The summed E-state index contributed by atoms with van der Waals surface area (Å²) < 4.78 is 0. The summed E-state index contributed by atoms with van der Waals surface area (Å²) in [5.74, 6) is -0.393. The third kappa shape index (κ3) is 3.07. The number of halogens is 2. The first kappa shape index (κ1) is 13.2. The van der Waals surface area contributed by atoms with E-state index in [4.69, 9.17) is 41.2 Å². The van der Waals surface area contributed by atoms with Gasteiger partial charge in [0.05, 0.1) is 26.6 Å². The van der Waals surface area contributed by atoms with Crippen LogP contribution < -0.4 is 11.1 Å². The molecule has 0 aliphatic rings. The highest BCUT2D eigenvalue weighted by atomic mass is 35.5. The van der Waals surface area contributed by atoms with Crippen LogP contribution in [0.5, 0.6) is 0 Å². The molecule has 3 nitrogen and oxygen atoms in total. The van der Waals surface area contributed by atoms with Crippen molar-refractivity contribution in [2.24, 2.45) is 5.73 Å². The lowest BCUT2D eigenvalue weighted by molar-refractivity contribution is 0.0949. The van der Waals surface area contributed by atoms with E-state index in [1.807, 2.05) is 0 Å². The predicted octanol–water partition coefficient (Wildman–Crippen LogP) is 2.40. The summed E-state index contributed by atoms with van der Waals surface area (Å²) in [7, 11) is 0. The molecule has 1 aromatic carbocycles. The van der Waals surface area contributed by atoms with Crippen molar-refractivity contribution in [2.75, 3.05) is 0 Å². The summed E-state index contributed by atoms with van der Waals surface area (Å²) in [5, 5.41) is 3.19. The van der Waals surface area contributed by atoms with E-state index >= 15 is 0 Å². The summed E-state index contributed by atoms with van der Waals surface area (Å²) >= 11 is 16.5. The van der Waals surface area contributed by atoms with Gasteiger partial charge < -0.3 is 11.1 Å². The molecule has 0 aliphatic heterocycles. The van der Waals surface area contributed by atoms with Crippen LogP contribution in [0.4, 0.5) is 0 Å². The number of amides is 1. The maximum Gasteiger partial charge on any atom is 0.254 e. The van der Waals surface area contributed by atoms with Crippen LogP contribution in [-0.4, -0.2) is 16.9 Å². The molecule has 1 unspecified atom stereocenters. The molecule has 0 aromatic heterocycles. The zero-order valence-corrected chi connectivity index (χ0v) is 10.8. The van der Waals surface area contributed by atoms with Crippen LogP contribution in [0.25, 0.3) is 0 Å². The molecule has 0 fully saturated rings. The molecular weight excluding hydrogens is 267 g/mol. The number of hydrogen-bond acceptors (Lipinski definition) is 2. The molecule has 6 heteroatoms. The number of nitrogens with two attached hydrogens (primary N) is 1. The molecule has 3 N–H and O–H groups in total. The van der Waals surface area contributed by atoms with Crippen LogP contribution in [0.1, 0.15) is 17.3 Å². The van der Waals surface area contributed by atoms with Crippen molar-refractivity contribution >= 4 is 46.3 Å². The van der Waals surface area contributed by atoms with Gasteiger partial charge in [-0.25, -0.2) is 0 Å². The Morgan fingerprint density at radius 2 is 1.94 bits per heavy atom. The molecule has 1 atom stereocenters. The molecule has 16 heavy (non-hydrogen) atoms. The summed E-state index contributed by atoms with van der Waals surface area (Å²) in [5.41, 5.74) is 5.62. The second-order valence-corrected chi connectivity index (χ2v) is 4.48. The van der Waals surface area contributed by atoms with E-state index in [1.165, 1.54) is 0 Å². The number of rotatable bonds is 3. The molecule has 0 heterocycles. The maximum atomic E-state index is 11.8. The number of hydrogen-bond donors (Lipinski definition) is 2. The van der Waals surface area contributed by atoms with Gasteiger partial charge >= 0.3 is 0 Å². The number of thiocarbonyl (C=S) groups is 1. The summed E-state index contributed by atoms with van der Waals surface area (Å²) in [6.07, 6.45) is 0. The topological polar surface area (TPSA) is 55.1 Å². The Bertz CT molecular complexity index is 417. The Kier molecular flexibility index (Phi) is 4.53. The third-order valence-electron chi connectivity index (χ3n) is 1.96. The fourth-order valence-electron chi connectivity index (χ4n) is 1.05. The van der Waals surface area contributed by atoms with E-state index < -0.39 is 11.9 Å². The van der Waals surface area contributed by atoms with Gasteiger partial charge in [0, 0.05) is 0 Å². The summed E-state index contributed by atoms with van der Waals surface area (Å²) in [6, 6.07) is 4.44. The smallest absolute Gasteiger partial charge is 0.254 e. The van der Waals surface area contributed by atoms with Crippen LogP contribution >= 0.6 is 35.4 Å². The minimum absolute atomic E-state index is 0.205. The number of nitrogens with one attached hydrogen (secondary N) is 1. The van der Waals surface area contributed by atoms with Gasteiger partial charge in [0.15, 0.2) is 0 Å². The van der Waals surface area contributed by atoms with Crippen molar-refractivity contribution in [2.45, 2.75) is 13.0 Å². The molecule has 0 saturated heterocycles. The lowest BCUT2D eigenvalue weighted by atomic mass is 10.2. The van der Waals surface area contributed by atoms with Crippen LogP contribution in [0, 0.1) is 0 Å². The van der Waals surface area contributed by atoms with Gasteiger partial charge in [-0.2, -0.15) is 0 Å². The second kappa shape index (κ2) is 5.48. The van der Waals surface area contributed by atoms with E-state index in [9.17, 15) is 4.79 Å². The van der Waals surface area contributed by atoms with E-state index in [-0.39, 0.29) is 10.6 Å². The Morgan fingerprint density at radius 3 is 2.38 bits per heavy atom. The highest BCUT2D eigenvalue weighted by Crippen LogP contribution is 2.23. The Hall–Kier alpha value is -0.840. The molecule has 86 valence electrons. The second-order valence-electron chi connectivity index (χ2n) is 3.19. The van der Waals surface area contributed by atoms with E-state index in [1.54, 1.807) is 25.1 Å². The Morgan fingerprint density at radius 1 is 1.44 bits per heavy atom. The fraction of sp³-hybridized carbons (Fsp3) is 0.200. The maximum absolute atomic E-state index is 11.8. The van der Waals surface area contributed by atoms with Gasteiger partial charge in [-0.15, -0.1) is 0 Å². The molecule has 1 aromatic rings. The van der Waals surface area contributed by atoms with Gasteiger partial charge in [-0.3, -0.25) is 4.79 Å². The quantitative estimate of drug-likeness (QED) is 0.834. The van der Waals surface area contributed by atoms with Crippen molar-refractivity contribution in [3.63, 3.8) is 0 Å². The summed E-state index contributed by atoms with van der Waals surface area (Å²) in [4.78, 5) is 12.0. The van der Waals surface area contributed by atoms with Gasteiger partial charge in [-0.05, 0) is 19.1 Å². The standard InChI is InChI=1S/C10H10Cl2N2OS/c1-5(9(13)16)14-10(15)8-6(11)3-2-4-7(8)12/h2-5H,1H3,(H2,13,16)(H,14,15). The monoisotopic (exact) mass is 276 g/mol. The van der Waals surface area contributed by atoms with Gasteiger partial charge in [0.1, 0.15) is 0 Å². The molecule has 0 bridgehead atoms. The number of carbonyl (C=O) groups excluding carboxylic acids is 1. The minimum atomic E-state index is -0.408. The molecule has 1 amide bonds. The van der Waals surface area contributed by atoms with Gasteiger partial charge in [-0.1, -0.05) is 41.5 Å². The van der Waals surface area contributed by atoms with Crippen LogP contribution in [0.3, 0.4) is 0 Å². The van der Waals surface area contributed by atoms with E-state index in [0.717, 1.165) is 0 Å². The van der Waals surface area contributed by atoms with E-state index in [0.29, 0.717) is 10.0 Å². The molecule has 0 radical (unpaired) electrons. The largest absolute Gasteiger partial charge is 0.392 e. The first-order chi connectivity index (χ1) is 7.43. The van der Waals surface area contributed by atoms with Crippen molar-refractivity contribution < 1.29 is 4.79 Å². The van der Waals surface area contributed by atoms with Crippen molar-refractivity contribution in [1.29, 1.82) is 0 Å². The lowest BCUT2D eigenvalue weighted by Gasteiger charge is -2.13. The zero-order valence-electron chi connectivity index (χ0n) is 8.46. The molecule has 0 saturated carbocycles. The van der Waals surface area contributed by atoms with E-state index in [2.05, 4.69) is 5.32 Å². The highest BCUT2D eigenvalue weighted by molar-refractivity contribution is 7.80. The van der Waals surface area contributed by atoms with Crippen molar-refractivity contribution in [3.05, 3.63) is 33.8 Å². The fourth-order valence-corrected chi connectivity index (χ4v) is 1.68. The highest BCUT2D eigenvalue weighted by Gasteiger charge is 2.17. The van der Waals surface area contributed by atoms with Crippen molar-refractivity contribution in [1.82, 2.24) is 5.32 Å². The molecule has 1 rings (SSSR count). The van der Waals surface area contributed by atoms with Gasteiger partial charge in [0.2, 0.25) is 0 Å². The first-order valence-corrected chi connectivity index (χ1v) is 5.64. The lowest BCUT2D eigenvalue weighted by Crippen LogP contribution is -2.41. The Balaban J connectivity index is 2.93. The summed E-state index contributed by atoms with van der Waals surface area (Å²) in [6.45, 7) is 1.69. The van der Waals surface area contributed by atoms with Crippen LogP contribution in [0.15, 0.2) is 18.2 Å². The van der Waals surface area contributed by atoms with Gasteiger partial charge in [0.25, 0.3) is 5.91 Å². The SMILES string of the molecule is CC(NC(=O)c1c(Cl)cccc1Cl)C(N)=S. The number of benzene rings is 1. The molecule has 0 aliphatic carbocycles. The van der Waals surface area contributed by atoms with Crippen LogP contribution in [0.2, 0.25) is 10.0 Å². The average Bonchev–Trinajstić information content (AvgIpc) is 2.16. The normalized spacial score (nSPS) is 11.9. The molecule has 0 spiro atoms. The van der Waals surface area contributed by atoms with Crippen molar-refractivity contribution in [3.8, 4) is 0 Å². The number of carbonyl (C=O) groups is 1. The molecular formula is C10H10Cl2N2OS.